The average molecular weight is 254 g/mol. The molecule has 2 nitrogen and oxygen atoms in total. The van der Waals surface area contributed by atoms with Crippen LogP contribution in [0.4, 0.5) is 0 Å². The van der Waals surface area contributed by atoms with Gasteiger partial charge >= 0.3 is 0 Å². The van der Waals surface area contributed by atoms with Crippen molar-refractivity contribution in [3.63, 3.8) is 0 Å². The minimum Gasteiger partial charge on any atom is -0.394 e. The Hall–Kier alpha value is -0.570. The number of hydrogen-bond acceptors (Lipinski definition) is 2. The van der Waals surface area contributed by atoms with Crippen LogP contribution in [-0.4, -0.2) is 17.3 Å². The average Bonchev–Trinajstić information content (AvgIpc) is 2.77. The lowest BCUT2D eigenvalue weighted by atomic mass is 9.98. The molecule has 94 valence electrons. The fourth-order valence-electron chi connectivity index (χ4n) is 2.52. The van der Waals surface area contributed by atoms with Crippen molar-refractivity contribution in [2.75, 3.05) is 6.61 Å². The normalized spacial score (nSPS) is 18.5. The van der Waals surface area contributed by atoms with Crippen LogP contribution in [0.1, 0.15) is 36.8 Å². The van der Waals surface area contributed by atoms with E-state index >= 15 is 0 Å². The maximum absolute atomic E-state index is 9.51. The highest BCUT2D eigenvalue weighted by atomic mass is 35.5. The zero-order valence-corrected chi connectivity index (χ0v) is 11.1. The number of halogens is 1. The van der Waals surface area contributed by atoms with Crippen LogP contribution in [0.5, 0.6) is 0 Å². The number of rotatable bonds is 4. The van der Waals surface area contributed by atoms with Gasteiger partial charge in [0.2, 0.25) is 0 Å². The molecule has 3 heteroatoms. The number of benzene rings is 1. The summed E-state index contributed by atoms with van der Waals surface area (Å²) in [5, 5.41) is 13.8. The standard InChI is InChI=1S/C14H20ClNO/c1-11-4-5-12(13(15)8-11)9-16-14(10-17)6-2-3-7-14/h4-5,8,16-17H,2-3,6-7,9-10H2,1H3. The third kappa shape index (κ3) is 3.01. The van der Waals surface area contributed by atoms with Crippen molar-refractivity contribution in [3.05, 3.63) is 34.3 Å². The highest BCUT2D eigenvalue weighted by Crippen LogP contribution is 2.30. The lowest BCUT2D eigenvalue weighted by molar-refractivity contribution is 0.163. The summed E-state index contributed by atoms with van der Waals surface area (Å²) in [5.41, 5.74) is 2.21. The molecular weight excluding hydrogens is 234 g/mol. The van der Waals surface area contributed by atoms with Crippen molar-refractivity contribution in [2.45, 2.75) is 44.7 Å². The van der Waals surface area contributed by atoms with E-state index in [-0.39, 0.29) is 12.1 Å². The molecule has 2 rings (SSSR count). The van der Waals surface area contributed by atoms with E-state index in [0.717, 1.165) is 30.0 Å². The minimum atomic E-state index is -0.0752. The number of aliphatic hydroxyl groups is 1. The highest BCUT2D eigenvalue weighted by molar-refractivity contribution is 6.31. The predicted molar refractivity (Wildman–Crippen MR) is 71.3 cm³/mol. The summed E-state index contributed by atoms with van der Waals surface area (Å²) >= 11 is 6.20. The molecule has 1 fully saturated rings. The second-order valence-electron chi connectivity index (χ2n) is 5.09. The Morgan fingerprint density at radius 2 is 2.06 bits per heavy atom. The molecular formula is C14H20ClNO. The van der Waals surface area contributed by atoms with Crippen molar-refractivity contribution in [1.29, 1.82) is 0 Å². The Labute approximate surface area is 108 Å². The van der Waals surface area contributed by atoms with E-state index in [0.29, 0.717) is 0 Å². The summed E-state index contributed by atoms with van der Waals surface area (Å²) in [4.78, 5) is 0. The Morgan fingerprint density at radius 3 is 2.65 bits per heavy atom. The van der Waals surface area contributed by atoms with E-state index in [1.54, 1.807) is 0 Å². The summed E-state index contributed by atoms with van der Waals surface area (Å²) in [5.74, 6) is 0. The molecule has 2 N–H and O–H groups in total. The Morgan fingerprint density at radius 1 is 1.35 bits per heavy atom. The minimum absolute atomic E-state index is 0.0752. The fourth-order valence-corrected chi connectivity index (χ4v) is 2.82. The first-order valence-corrected chi connectivity index (χ1v) is 6.64. The van der Waals surface area contributed by atoms with Gasteiger partial charge in [0.05, 0.1) is 6.61 Å². The van der Waals surface area contributed by atoms with Crippen molar-refractivity contribution in [1.82, 2.24) is 5.32 Å². The van der Waals surface area contributed by atoms with E-state index in [9.17, 15) is 5.11 Å². The largest absolute Gasteiger partial charge is 0.394 e. The smallest absolute Gasteiger partial charge is 0.0613 e. The van der Waals surface area contributed by atoms with Crippen LogP contribution in [0.25, 0.3) is 0 Å². The molecule has 0 spiro atoms. The third-order valence-electron chi connectivity index (χ3n) is 3.73. The van der Waals surface area contributed by atoms with E-state index in [2.05, 4.69) is 17.4 Å². The van der Waals surface area contributed by atoms with Crippen LogP contribution >= 0.6 is 11.6 Å². The molecule has 1 aromatic rings. The summed E-state index contributed by atoms with van der Waals surface area (Å²) in [6, 6.07) is 6.12. The molecule has 1 saturated carbocycles. The first-order chi connectivity index (χ1) is 8.15. The van der Waals surface area contributed by atoms with Crippen LogP contribution in [0.3, 0.4) is 0 Å². The maximum Gasteiger partial charge on any atom is 0.0613 e. The molecule has 1 aliphatic carbocycles. The molecule has 0 amide bonds. The first-order valence-electron chi connectivity index (χ1n) is 6.26. The van der Waals surface area contributed by atoms with Crippen LogP contribution in [0.15, 0.2) is 18.2 Å². The SMILES string of the molecule is Cc1ccc(CNC2(CO)CCCC2)c(Cl)c1. The molecule has 0 radical (unpaired) electrons. The van der Waals surface area contributed by atoms with Crippen LogP contribution in [-0.2, 0) is 6.54 Å². The zero-order valence-electron chi connectivity index (χ0n) is 10.3. The predicted octanol–water partition coefficient (Wildman–Crippen LogP) is 3.04. The quantitative estimate of drug-likeness (QED) is 0.865. The van der Waals surface area contributed by atoms with E-state index in [1.807, 2.05) is 13.0 Å². The summed E-state index contributed by atoms with van der Waals surface area (Å²) in [6.07, 6.45) is 4.53. The van der Waals surface area contributed by atoms with E-state index in [1.165, 1.54) is 18.4 Å². The van der Waals surface area contributed by atoms with Gasteiger partial charge < -0.3 is 10.4 Å². The van der Waals surface area contributed by atoms with Gasteiger partial charge in [-0.3, -0.25) is 0 Å². The number of hydrogen-bond donors (Lipinski definition) is 2. The first kappa shape index (κ1) is 12.9. The summed E-state index contributed by atoms with van der Waals surface area (Å²) in [6.45, 7) is 2.99. The van der Waals surface area contributed by atoms with Gasteiger partial charge in [0.1, 0.15) is 0 Å². The lowest BCUT2D eigenvalue weighted by Crippen LogP contribution is -2.45. The van der Waals surface area contributed by atoms with Crippen molar-refractivity contribution >= 4 is 11.6 Å². The monoisotopic (exact) mass is 253 g/mol. The topological polar surface area (TPSA) is 32.3 Å². The second kappa shape index (κ2) is 5.38. The molecule has 0 atom stereocenters. The van der Waals surface area contributed by atoms with Crippen LogP contribution in [0, 0.1) is 6.92 Å². The number of aliphatic hydroxyl groups excluding tert-OH is 1. The fraction of sp³-hybridized carbons (Fsp3) is 0.571. The maximum atomic E-state index is 9.51. The van der Waals surface area contributed by atoms with Gasteiger partial charge in [-0.15, -0.1) is 0 Å². The van der Waals surface area contributed by atoms with Gasteiger partial charge in [0.25, 0.3) is 0 Å². The molecule has 0 bridgehead atoms. The summed E-state index contributed by atoms with van der Waals surface area (Å²) < 4.78 is 0. The van der Waals surface area contributed by atoms with Gasteiger partial charge in [0.15, 0.2) is 0 Å². The highest BCUT2D eigenvalue weighted by Gasteiger charge is 2.32. The van der Waals surface area contributed by atoms with Gasteiger partial charge in [-0.2, -0.15) is 0 Å². The van der Waals surface area contributed by atoms with Gasteiger partial charge in [-0.05, 0) is 37.0 Å². The molecule has 1 aliphatic rings. The van der Waals surface area contributed by atoms with Crippen LogP contribution < -0.4 is 5.32 Å². The van der Waals surface area contributed by atoms with Gasteiger partial charge in [0, 0.05) is 17.1 Å². The van der Waals surface area contributed by atoms with Crippen molar-refractivity contribution < 1.29 is 5.11 Å². The number of nitrogens with one attached hydrogen (secondary N) is 1. The number of aryl methyl sites for hydroxylation is 1. The van der Waals surface area contributed by atoms with Gasteiger partial charge in [-0.25, -0.2) is 0 Å². The molecule has 17 heavy (non-hydrogen) atoms. The second-order valence-corrected chi connectivity index (χ2v) is 5.50. The zero-order chi connectivity index (χ0) is 12.3. The Balaban J connectivity index is 2.01. The molecule has 0 aliphatic heterocycles. The molecule has 0 heterocycles. The van der Waals surface area contributed by atoms with Crippen molar-refractivity contribution in [2.24, 2.45) is 0 Å². The van der Waals surface area contributed by atoms with Crippen LogP contribution in [0.2, 0.25) is 5.02 Å². The Kier molecular flexibility index (Phi) is 4.08. The van der Waals surface area contributed by atoms with E-state index in [4.69, 9.17) is 11.6 Å². The molecule has 0 aromatic heterocycles. The van der Waals surface area contributed by atoms with E-state index < -0.39 is 0 Å². The molecule has 0 unspecified atom stereocenters. The van der Waals surface area contributed by atoms with Gasteiger partial charge in [-0.1, -0.05) is 36.6 Å². The Bertz CT molecular complexity index is 386. The third-order valence-corrected chi connectivity index (χ3v) is 4.08. The molecule has 0 saturated heterocycles. The summed E-state index contributed by atoms with van der Waals surface area (Å²) in [7, 11) is 0. The molecule has 1 aromatic carbocycles. The lowest BCUT2D eigenvalue weighted by Gasteiger charge is -2.28. The van der Waals surface area contributed by atoms with Crippen molar-refractivity contribution in [3.8, 4) is 0 Å².